The van der Waals surface area contributed by atoms with Crippen molar-refractivity contribution in [3.8, 4) is 0 Å². The summed E-state index contributed by atoms with van der Waals surface area (Å²) >= 11 is 0. The van der Waals surface area contributed by atoms with Crippen LogP contribution in [0.5, 0.6) is 0 Å². The van der Waals surface area contributed by atoms with Crippen LogP contribution in [-0.2, 0) is 6.54 Å². The molecule has 3 rings (SSSR count). The first-order valence-corrected chi connectivity index (χ1v) is 6.66. The molecule has 1 aromatic heterocycles. The van der Waals surface area contributed by atoms with Gasteiger partial charge in [-0.15, -0.1) is 0 Å². The molecule has 18 heavy (non-hydrogen) atoms. The van der Waals surface area contributed by atoms with Gasteiger partial charge in [0.05, 0.1) is 6.33 Å². The van der Waals surface area contributed by atoms with Crippen LogP contribution < -0.4 is 5.32 Å². The van der Waals surface area contributed by atoms with Crippen LogP contribution >= 0.6 is 0 Å². The lowest BCUT2D eigenvalue weighted by Gasteiger charge is -2.04. The molecule has 1 saturated carbocycles. The third-order valence-electron chi connectivity index (χ3n) is 3.71. The second-order valence-electron chi connectivity index (χ2n) is 5.06. The first-order chi connectivity index (χ1) is 8.93. The number of hydrogen-bond donors (Lipinski definition) is 2. The van der Waals surface area contributed by atoms with E-state index in [-0.39, 0.29) is 0 Å². The van der Waals surface area contributed by atoms with Crippen molar-refractivity contribution in [1.29, 1.82) is 0 Å². The van der Waals surface area contributed by atoms with Gasteiger partial charge < -0.3 is 10.3 Å². The minimum Gasteiger partial charge on any atom is -0.348 e. The van der Waals surface area contributed by atoms with Gasteiger partial charge in [-0.2, -0.15) is 0 Å². The predicted molar refractivity (Wildman–Crippen MR) is 72.2 cm³/mol. The summed E-state index contributed by atoms with van der Waals surface area (Å²) in [5.41, 5.74) is 2.67. The highest BCUT2D eigenvalue weighted by atomic mass is 14.9. The van der Waals surface area contributed by atoms with E-state index in [1.807, 2.05) is 6.20 Å². The van der Waals surface area contributed by atoms with Crippen LogP contribution in [0.4, 0.5) is 0 Å². The number of H-pyrrole nitrogens is 1. The Kier molecular flexibility index (Phi) is 3.42. The molecule has 0 bridgehead atoms. The van der Waals surface area contributed by atoms with E-state index in [2.05, 4.69) is 45.6 Å². The lowest BCUT2D eigenvalue weighted by Crippen LogP contribution is -2.15. The molecular weight excluding hydrogens is 222 g/mol. The minimum absolute atomic E-state index is 0.728. The average Bonchev–Trinajstić information content (AvgIpc) is 2.98. The maximum atomic E-state index is 4.08. The molecule has 2 N–H and O–H groups in total. The molecule has 0 saturated heterocycles. The van der Waals surface area contributed by atoms with E-state index in [4.69, 9.17) is 0 Å². The number of rotatable bonds is 6. The Morgan fingerprint density at radius 3 is 2.94 bits per heavy atom. The molecule has 1 aliphatic carbocycles. The molecule has 0 radical (unpaired) electrons. The summed E-state index contributed by atoms with van der Waals surface area (Å²) in [4.78, 5) is 7.30. The van der Waals surface area contributed by atoms with Gasteiger partial charge in [-0.3, -0.25) is 0 Å². The Hall–Kier alpha value is -1.61. The highest BCUT2D eigenvalue weighted by Gasteiger charge is 2.38. The van der Waals surface area contributed by atoms with Gasteiger partial charge in [-0.25, -0.2) is 4.98 Å². The van der Waals surface area contributed by atoms with E-state index < -0.39 is 0 Å². The first kappa shape index (κ1) is 11.5. The highest BCUT2D eigenvalue weighted by molar-refractivity contribution is 5.15. The molecule has 0 aliphatic heterocycles. The van der Waals surface area contributed by atoms with E-state index in [0.717, 1.165) is 24.9 Å². The minimum atomic E-state index is 0.728. The van der Waals surface area contributed by atoms with Gasteiger partial charge in [-0.05, 0) is 30.9 Å². The van der Waals surface area contributed by atoms with Crippen LogP contribution in [0.15, 0.2) is 42.9 Å². The Balaban J connectivity index is 1.35. The summed E-state index contributed by atoms with van der Waals surface area (Å²) in [6, 6.07) is 10.6. The SMILES string of the molecule is c1ccc(CNCC[C@@H]2C[C@@H]2c2cnc[nH]2)cc1. The molecule has 2 aromatic rings. The molecule has 0 spiro atoms. The Morgan fingerprint density at radius 1 is 1.28 bits per heavy atom. The molecule has 1 heterocycles. The molecular formula is C15H19N3. The van der Waals surface area contributed by atoms with Gasteiger partial charge in [0.25, 0.3) is 0 Å². The molecule has 1 aromatic carbocycles. The molecule has 1 fully saturated rings. The molecule has 2 atom stereocenters. The van der Waals surface area contributed by atoms with Crippen molar-refractivity contribution < 1.29 is 0 Å². The van der Waals surface area contributed by atoms with E-state index in [9.17, 15) is 0 Å². The van der Waals surface area contributed by atoms with Crippen LogP contribution in [0.3, 0.4) is 0 Å². The molecule has 0 amide bonds. The van der Waals surface area contributed by atoms with Crippen molar-refractivity contribution in [3.63, 3.8) is 0 Å². The van der Waals surface area contributed by atoms with Gasteiger partial charge in [0.1, 0.15) is 0 Å². The standard InChI is InChI=1S/C15H19N3/c1-2-4-12(5-3-1)9-16-7-6-13-8-14(13)15-10-17-11-18-15/h1-5,10-11,13-14,16H,6-9H2,(H,17,18)/t13-,14+/m1/s1. The third-order valence-corrected chi connectivity index (χ3v) is 3.71. The summed E-state index contributed by atoms with van der Waals surface area (Å²) in [5, 5.41) is 3.51. The lowest BCUT2D eigenvalue weighted by atomic mass is 10.2. The zero-order chi connectivity index (χ0) is 12.2. The Morgan fingerprint density at radius 2 is 2.17 bits per heavy atom. The van der Waals surface area contributed by atoms with Gasteiger partial charge in [0.2, 0.25) is 0 Å². The summed E-state index contributed by atoms with van der Waals surface area (Å²) in [6.45, 7) is 2.08. The maximum absolute atomic E-state index is 4.08. The van der Waals surface area contributed by atoms with E-state index >= 15 is 0 Å². The molecule has 0 unspecified atom stereocenters. The summed E-state index contributed by atoms with van der Waals surface area (Å²) < 4.78 is 0. The number of aromatic amines is 1. The third kappa shape index (κ3) is 2.79. The largest absolute Gasteiger partial charge is 0.348 e. The van der Waals surface area contributed by atoms with E-state index in [1.54, 1.807) is 6.33 Å². The van der Waals surface area contributed by atoms with E-state index in [0.29, 0.717) is 0 Å². The Bertz CT molecular complexity index is 464. The highest BCUT2D eigenvalue weighted by Crippen LogP contribution is 2.48. The maximum Gasteiger partial charge on any atom is 0.0921 e. The van der Waals surface area contributed by atoms with Gasteiger partial charge >= 0.3 is 0 Å². The smallest absolute Gasteiger partial charge is 0.0921 e. The van der Waals surface area contributed by atoms with E-state index in [1.165, 1.54) is 24.1 Å². The number of benzene rings is 1. The number of hydrogen-bond acceptors (Lipinski definition) is 2. The Labute approximate surface area is 108 Å². The van der Waals surface area contributed by atoms with Crippen LogP contribution in [0.1, 0.15) is 30.0 Å². The van der Waals surface area contributed by atoms with Crippen molar-refractivity contribution in [1.82, 2.24) is 15.3 Å². The molecule has 3 nitrogen and oxygen atoms in total. The van der Waals surface area contributed by atoms with Crippen molar-refractivity contribution >= 4 is 0 Å². The van der Waals surface area contributed by atoms with Crippen molar-refractivity contribution in [2.45, 2.75) is 25.3 Å². The number of nitrogens with one attached hydrogen (secondary N) is 2. The first-order valence-electron chi connectivity index (χ1n) is 6.66. The molecule has 3 heteroatoms. The normalized spacial score (nSPS) is 22.0. The summed E-state index contributed by atoms with van der Waals surface area (Å²) in [7, 11) is 0. The van der Waals surface area contributed by atoms with Crippen LogP contribution in [0, 0.1) is 5.92 Å². The fourth-order valence-electron chi connectivity index (χ4n) is 2.53. The molecule has 94 valence electrons. The second kappa shape index (κ2) is 5.36. The quantitative estimate of drug-likeness (QED) is 0.763. The number of aromatic nitrogens is 2. The van der Waals surface area contributed by atoms with Crippen molar-refractivity contribution in [2.75, 3.05) is 6.54 Å². The lowest BCUT2D eigenvalue weighted by molar-refractivity contribution is 0.602. The van der Waals surface area contributed by atoms with Crippen LogP contribution in [0.2, 0.25) is 0 Å². The zero-order valence-electron chi connectivity index (χ0n) is 10.5. The molecule has 1 aliphatic rings. The van der Waals surface area contributed by atoms with Gasteiger partial charge in [0, 0.05) is 24.4 Å². The summed E-state index contributed by atoms with van der Waals surface area (Å²) in [6.07, 6.45) is 6.31. The van der Waals surface area contributed by atoms with Crippen molar-refractivity contribution in [2.24, 2.45) is 5.92 Å². The van der Waals surface area contributed by atoms with Crippen LogP contribution in [0.25, 0.3) is 0 Å². The number of nitrogens with zero attached hydrogens (tertiary/aromatic N) is 1. The summed E-state index contributed by atoms with van der Waals surface area (Å²) in [5.74, 6) is 1.57. The average molecular weight is 241 g/mol. The van der Waals surface area contributed by atoms with Gasteiger partial charge in [-0.1, -0.05) is 30.3 Å². The van der Waals surface area contributed by atoms with Crippen LogP contribution in [-0.4, -0.2) is 16.5 Å². The number of imidazole rings is 1. The predicted octanol–water partition coefficient (Wildman–Crippen LogP) is 2.69. The second-order valence-corrected chi connectivity index (χ2v) is 5.06. The zero-order valence-corrected chi connectivity index (χ0v) is 10.5. The van der Waals surface area contributed by atoms with Crippen molar-refractivity contribution in [3.05, 3.63) is 54.1 Å². The van der Waals surface area contributed by atoms with Gasteiger partial charge in [0.15, 0.2) is 0 Å². The fourth-order valence-corrected chi connectivity index (χ4v) is 2.53. The monoisotopic (exact) mass is 241 g/mol. The fraction of sp³-hybridized carbons (Fsp3) is 0.400. The topological polar surface area (TPSA) is 40.7 Å².